The largest absolute Gasteiger partial charge is 0.495 e. The van der Waals surface area contributed by atoms with Gasteiger partial charge in [0.05, 0.1) is 18.1 Å². The first-order valence-electron chi connectivity index (χ1n) is 6.31. The van der Waals surface area contributed by atoms with E-state index in [4.69, 9.17) is 4.74 Å². The summed E-state index contributed by atoms with van der Waals surface area (Å²) in [5, 5.41) is -0.648. The molecule has 1 N–H and O–H groups in total. The van der Waals surface area contributed by atoms with Gasteiger partial charge in [-0.25, -0.2) is 21.6 Å². The Morgan fingerprint density at radius 1 is 1.43 bits per heavy atom. The minimum Gasteiger partial charge on any atom is -0.495 e. The molecule has 1 saturated heterocycles. The van der Waals surface area contributed by atoms with Crippen molar-refractivity contribution >= 4 is 35.8 Å². The fourth-order valence-corrected chi connectivity index (χ4v) is 5.89. The summed E-state index contributed by atoms with van der Waals surface area (Å²) in [6, 6.07) is 4.62. The van der Waals surface area contributed by atoms with E-state index in [0.717, 1.165) is 0 Å². The third-order valence-corrected chi connectivity index (χ3v) is 7.59. The molecule has 0 aliphatic carbocycles. The Kier molecular flexibility index (Phi) is 4.96. The van der Waals surface area contributed by atoms with Crippen molar-refractivity contribution in [1.29, 1.82) is 0 Å². The van der Waals surface area contributed by atoms with E-state index in [1.165, 1.54) is 19.2 Å². The molecule has 0 amide bonds. The van der Waals surface area contributed by atoms with E-state index in [1.807, 2.05) is 0 Å². The van der Waals surface area contributed by atoms with Crippen molar-refractivity contribution in [2.75, 3.05) is 19.4 Å². The maximum atomic E-state index is 12.3. The molecule has 0 radical (unpaired) electrons. The number of rotatable bonds is 5. The van der Waals surface area contributed by atoms with Crippen LogP contribution < -0.4 is 9.46 Å². The zero-order valence-corrected chi connectivity index (χ0v) is 14.6. The lowest BCUT2D eigenvalue weighted by atomic mass is 10.2. The van der Waals surface area contributed by atoms with Crippen molar-refractivity contribution in [3.63, 3.8) is 0 Å². The molecule has 1 aliphatic heterocycles. The van der Waals surface area contributed by atoms with Gasteiger partial charge in [-0.3, -0.25) is 0 Å². The topological polar surface area (TPSA) is 89.5 Å². The highest BCUT2D eigenvalue weighted by Gasteiger charge is 2.32. The van der Waals surface area contributed by atoms with E-state index in [-0.39, 0.29) is 22.9 Å². The van der Waals surface area contributed by atoms with E-state index >= 15 is 0 Å². The van der Waals surface area contributed by atoms with Crippen LogP contribution in [0.4, 0.5) is 0 Å². The lowest BCUT2D eigenvalue weighted by Gasteiger charge is -2.13. The summed E-state index contributed by atoms with van der Waals surface area (Å²) in [7, 11) is -5.64. The molecule has 21 heavy (non-hydrogen) atoms. The number of halogens is 1. The van der Waals surface area contributed by atoms with Gasteiger partial charge >= 0.3 is 0 Å². The van der Waals surface area contributed by atoms with Crippen LogP contribution in [-0.2, 0) is 19.9 Å². The normalized spacial score (nSPS) is 21.3. The highest BCUT2D eigenvalue weighted by atomic mass is 79.9. The van der Waals surface area contributed by atoms with E-state index in [1.54, 1.807) is 6.07 Å². The average molecular weight is 398 g/mol. The quantitative estimate of drug-likeness (QED) is 0.808. The third kappa shape index (κ3) is 3.77. The van der Waals surface area contributed by atoms with Crippen LogP contribution in [0.1, 0.15) is 12.8 Å². The van der Waals surface area contributed by atoms with Crippen molar-refractivity contribution in [1.82, 2.24) is 4.72 Å². The minimum atomic E-state index is -3.83. The molecule has 0 aromatic heterocycles. The lowest BCUT2D eigenvalue weighted by Crippen LogP contribution is -2.34. The molecule has 118 valence electrons. The smallest absolute Gasteiger partial charge is 0.244 e. The molecule has 6 nitrogen and oxygen atoms in total. The highest BCUT2D eigenvalue weighted by molar-refractivity contribution is 9.10. The van der Waals surface area contributed by atoms with Gasteiger partial charge < -0.3 is 4.74 Å². The van der Waals surface area contributed by atoms with Crippen molar-refractivity contribution in [3.8, 4) is 5.75 Å². The predicted molar refractivity (Wildman–Crippen MR) is 82.7 cm³/mol. The zero-order valence-electron chi connectivity index (χ0n) is 11.4. The van der Waals surface area contributed by atoms with Crippen molar-refractivity contribution in [3.05, 3.63) is 22.7 Å². The van der Waals surface area contributed by atoms with Crippen molar-refractivity contribution in [2.45, 2.75) is 23.0 Å². The van der Waals surface area contributed by atoms with Crippen LogP contribution in [0.2, 0.25) is 0 Å². The Labute approximate surface area is 133 Å². The average Bonchev–Trinajstić information content (AvgIpc) is 2.75. The van der Waals surface area contributed by atoms with Crippen LogP contribution in [0, 0.1) is 0 Å². The highest BCUT2D eigenvalue weighted by Crippen LogP contribution is 2.27. The number of hydrogen-bond acceptors (Lipinski definition) is 5. The van der Waals surface area contributed by atoms with Crippen molar-refractivity contribution < 1.29 is 21.6 Å². The molecule has 0 bridgehead atoms. The maximum absolute atomic E-state index is 12.3. The lowest BCUT2D eigenvalue weighted by molar-refractivity contribution is 0.402. The monoisotopic (exact) mass is 397 g/mol. The summed E-state index contributed by atoms with van der Waals surface area (Å²) in [6.45, 7) is -0.111. The van der Waals surface area contributed by atoms with Gasteiger partial charge in [0.1, 0.15) is 10.6 Å². The Bertz CT molecular complexity index is 730. The second kappa shape index (κ2) is 6.23. The van der Waals surface area contributed by atoms with Gasteiger partial charge in [0.25, 0.3) is 0 Å². The summed E-state index contributed by atoms with van der Waals surface area (Å²) in [4.78, 5) is -0.0187. The predicted octanol–water partition coefficient (Wildman–Crippen LogP) is 1.31. The number of sulfone groups is 1. The number of sulfonamides is 1. The summed E-state index contributed by atoms with van der Waals surface area (Å²) >= 11 is 3.21. The van der Waals surface area contributed by atoms with Crippen molar-refractivity contribution in [2.24, 2.45) is 0 Å². The van der Waals surface area contributed by atoms with Gasteiger partial charge in [-0.15, -0.1) is 0 Å². The molecule has 1 unspecified atom stereocenters. The molecule has 1 atom stereocenters. The van der Waals surface area contributed by atoms with Gasteiger partial charge in [-0.1, -0.05) is 15.9 Å². The van der Waals surface area contributed by atoms with Crippen LogP contribution in [0.3, 0.4) is 0 Å². The van der Waals surface area contributed by atoms with E-state index in [9.17, 15) is 16.8 Å². The van der Waals surface area contributed by atoms with Crippen LogP contribution >= 0.6 is 15.9 Å². The number of ether oxygens (including phenoxy) is 1. The summed E-state index contributed by atoms with van der Waals surface area (Å²) in [6.07, 6.45) is 1.06. The van der Waals surface area contributed by atoms with Crippen LogP contribution in [-0.4, -0.2) is 41.5 Å². The second-order valence-electron chi connectivity index (χ2n) is 4.78. The first-order chi connectivity index (χ1) is 9.76. The molecular weight excluding hydrogens is 382 g/mol. The Balaban J connectivity index is 2.21. The number of benzene rings is 1. The molecule has 0 saturated carbocycles. The Morgan fingerprint density at radius 2 is 2.14 bits per heavy atom. The second-order valence-corrected chi connectivity index (χ2v) is 9.83. The van der Waals surface area contributed by atoms with Gasteiger partial charge in [0, 0.05) is 11.0 Å². The number of hydrogen-bond donors (Lipinski definition) is 1. The van der Waals surface area contributed by atoms with E-state index < -0.39 is 25.1 Å². The van der Waals surface area contributed by atoms with Gasteiger partial charge in [-0.2, -0.15) is 0 Å². The molecular formula is C12H16BrNO5S2. The third-order valence-electron chi connectivity index (χ3n) is 3.38. The molecule has 1 heterocycles. The molecule has 2 rings (SSSR count). The fraction of sp³-hybridized carbons (Fsp3) is 0.500. The Hall–Kier alpha value is -0.640. The van der Waals surface area contributed by atoms with Crippen LogP contribution in [0.25, 0.3) is 0 Å². The summed E-state index contributed by atoms with van der Waals surface area (Å²) in [5.41, 5.74) is 0. The fourth-order valence-electron chi connectivity index (χ4n) is 2.23. The molecule has 1 aromatic carbocycles. The van der Waals surface area contributed by atoms with Crippen LogP contribution in [0.5, 0.6) is 5.75 Å². The minimum absolute atomic E-state index is 0.0187. The Morgan fingerprint density at radius 3 is 2.71 bits per heavy atom. The van der Waals surface area contributed by atoms with Gasteiger partial charge in [0.15, 0.2) is 9.84 Å². The van der Waals surface area contributed by atoms with E-state index in [2.05, 4.69) is 20.7 Å². The van der Waals surface area contributed by atoms with Gasteiger partial charge in [-0.05, 0) is 31.0 Å². The molecule has 9 heteroatoms. The SMILES string of the molecule is COc1ccc(Br)cc1S(=O)(=O)NCC1CCCS1(=O)=O. The summed E-state index contributed by atoms with van der Waals surface area (Å²) < 4.78 is 56.1. The first kappa shape index (κ1) is 16.7. The van der Waals surface area contributed by atoms with E-state index in [0.29, 0.717) is 17.3 Å². The molecule has 1 fully saturated rings. The summed E-state index contributed by atoms with van der Waals surface area (Å²) in [5.74, 6) is 0.333. The maximum Gasteiger partial charge on any atom is 0.244 e. The molecule has 0 spiro atoms. The molecule has 1 aliphatic rings. The first-order valence-corrected chi connectivity index (χ1v) is 10.3. The number of methoxy groups -OCH3 is 1. The van der Waals surface area contributed by atoms with Crippen LogP contribution in [0.15, 0.2) is 27.6 Å². The number of nitrogens with one attached hydrogen (secondary N) is 1. The standard InChI is InChI=1S/C12H16BrNO5S2/c1-19-11-5-4-9(13)7-12(11)21(17,18)14-8-10-3-2-6-20(10,15)16/h4-5,7,10,14H,2-3,6,8H2,1H3. The zero-order chi connectivity index (χ0) is 15.7. The molecule has 1 aromatic rings. The van der Waals surface area contributed by atoms with Gasteiger partial charge in [0.2, 0.25) is 10.0 Å².